The van der Waals surface area contributed by atoms with Crippen molar-refractivity contribution in [3.8, 4) is 11.8 Å². The number of alkyl halides is 5. The Morgan fingerprint density at radius 2 is 1.64 bits per heavy atom. The molecule has 36 heavy (non-hydrogen) atoms. The van der Waals surface area contributed by atoms with E-state index in [-0.39, 0.29) is 17.6 Å². The fourth-order valence-corrected chi connectivity index (χ4v) is 2.67. The minimum Gasteiger partial charge on any atom is -0.454 e. The second-order valence-corrected chi connectivity index (χ2v) is 7.54. The Kier molecular flexibility index (Phi) is 8.48. The molecule has 0 aliphatic rings. The maximum atomic E-state index is 13.3. The van der Waals surface area contributed by atoms with E-state index < -0.39 is 24.9 Å². The third-order valence-corrected chi connectivity index (χ3v) is 4.64. The Morgan fingerprint density at radius 1 is 0.944 bits per heavy atom. The van der Waals surface area contributed by atoms with E-state index in [1.165, 1.54) is 36.5 Å². The SMILES string of the molecule is C=CC(F)(F)Oc1ccc(Nc2nc(N/N=C/c3ccc(Cl)c(Cl)c3)nc(OCC(F)(F)F)n2)cc1. The van der Waals surface area contributed by atoms with Crippen LogP contribution in [0.15, 0.2) is 60.2 Å². The molecule has 3 rings (SSSR count). The minimum absolute atomic E-state index is 0.158. The van der Waals surface area contributed by atoms with Crippen LogP contribution in [-0.2, 0) is 0 Å². The highest BCUT2D eigenvalue weighted by molar-refractivity contribution is 6.42. The van der Waals surface area contributed by atoms with Crippen LogP contribution in [0, 0.1) is 0 Å². The number of hydrogen-bond acceptors (Lipinski definition) is 8. The smallest absolute Gasteiger partial charge is 0.422 e. The molecule has 0 aliphatic carbocycles. The Balaban J connectivity index is 1.78. The molecule has 2 aromatic carbocycles. The number of benzene rings is 2. The average Bonchev–Trinajstić information content (AvgIpc) is 2.81. The van der Waals surface area contributed by atoms with Crippen molar-refractivity contribution in [1.82, 2.24) is 15.0 Å². The van der Waals surface area contributed by atoms with Gasteiger partial charge in [-0.15, -0.1) is 0 Å². The first-order valence-corrected chi connectivity index (χ1v) is 10.5. The van der Waals surface area contributed by atoms with Gasteiger partial charge in [0.25, 0.3) is 5.95 Å². The van der Waals surface area contributed by atoms with Crippen molar-refractivity contribution in [2.75, 3.05) is 17.3 Å². The van der Waals surface area contributed by atoms with Crippen LogP contribution in [0.4, 0.5) is 39.5 Å². The van der Waals surface area contributed by atoms with E-state index in [9.17, 15) is 22.0 Å². The molecule has 0 aliphatic heterocycles. The molecule has 0 bridgehead atoms. The highest BCUT2D eigenvalue weighted by Crippen LogP contribution is 2.26. The number of rotatable bonds is 10. The summed E-state index contributed by atoms with van der Waals surface area (Å²) in [5.41, 5.74) is 3.30. The van der Waals surface area contributed by atoms with E-state index in [4.69, 9.17) is 23.2 Å². The summed E-state index contributed by atoms with van der Waals surface area (Å²) in [4.78, 5) is 11.5. The molecule has 0 amide bonds. The largest absolute Gasteiger partial charge is 0.454 e. The van der Waals surface area contributed by atoms with Crippen LogP contribution < -0.4 is 20.2 Å². The molecule has 2 N–H and O–H groups in total. The third kappa shape index (κ3) is 8.50. The highest BCUT2D eigenvalue weighted by atomic mass is 35.5. The monoisotopic (exact) mass is 548 g/mol. The molecule has 190 valence electrons. The van der Waals surface area contributed by atoms with Gasteiger partial charge < -0.3 is 14.8 Å². The molecule has 0 saturated carbocycles. The van der Waals surface area contributed by atoms with Gasteiger partial charge in [0.05, 0.1) is 16.3 Å². The van der Waals surface area contributed by atoms with Gasteiger partial charge in [0.15, 0.2) is 6.61 Å². The average molecular weight is 549 g/mol. The summed E-state index contributed by atoms with van der Waals surface area (Å²) >= 11 is 11.8. The van der Waals surface area contributed by atoms with E-state index in [2.05, 4.69) is 46.8 Å². The maximum Gasteiger partial charge on any atom is 0.422 e. The number of hydrogen-bond donors (Lipinski definition) is 2. The quantitative estimate of drug-likeness (QED) is 0.130. The van der Waals surface area contributed by atoms with Gasteiger partial charge >= 0.3 is 18.3 Å². The number of hydrazone groups is 1. The Bertz CT molecular complexity index is 1240. The molecule has 3 aromatic rings. The van der Waals surface area contributed by atoms with Crippen LogP contribution in [0.1, 0.15) is 5.56 Å². The van der Waals surface area contributed by atoms with Crippen molar-refractivity contribution in [3.63, 3.8) is 0 Å². The molecule has 0 saturated heterocycles. The van der Waals surface area contributed by atoms with Gasteiger partial charge in [0, 0.05) is 11.8 Å². The predicted molar refractivity (Wildman–Crippen MR) is 125 cm³/mol. The Morgan fingerprint density at radius 3 is 2.28 bits per heavy atom. The lowest BCUT2D eigenvalue weighted by molar-refractivity contribution is -0.154. The van der Waals surface area contributed by atoms with E-state index in [1.807, 2.05) is 0 Å². The first-order chi connectivity index (χ1) is 16.9. The van der Waals surface area contributed by atoms with E-state index in [1.54, 1.807) is 12.1 Å². The van der Waals surface area contributed by atoms with Crippen LogP contribution in [0.2, 0.25) is 10.0 Å². The molecule has 0 spiro atoms. The maximum absolute atomic E-state index is 13.3. The first kappa shape index (κ1) is 26.9. The molecule has 0 radical (unpaired) electrons. The van der Waals surface area contributed by atoms with Crippen LogP contribution in [-0.4, -0.2) is 40.1 Å². The highest BCUT2D eigenvalue weighted by Gasteiger charge is 2.29. The van der Waals surface area contributed by atoms with E-state index in [0.29, 0.717) is 27.4 Å². The molecule has 8 nitrogen and oxygen atoms in total. The number of nitrogens with one attached hydrogen (secondary N) is 2. The zero-order valence-electron chi connectivity index (χ0n) is 17.9. The van der Waals surface area contributed by atoms with Gasteiger partial charge in [0.1, 0.15) is 5.75 Å². The summed E-state index contributed by atoms with van der Waals surface area (Å²) in [6.45, 7) is 1.33. The van der Waals surface area contributed by atoms with Crippen LogP contribution >= 0.6 is 23.2 Å². The lowest BCUT2D eigenvalue weighted by Gasteiger charge is -2.14. The fraction of sp³-hybridized carbons (Fsp3) is 0.143. The molecule has 0 unspecified atom stereocenters. The zero-order chi connectivity index (χ0) is 26.3. The summed E-state index contributed by atoms with van der Waals surface area (Å²) in [6.07, 6.45) is -6.52. The van der Waals surface area contributed by atoms with E-state index >= 15 is 0 Å². The van der Waals surface area contributed by atoms with Crippen molar-refractivity contribution in [2.45, 2.75) is 12.3 Å². The van der Waals surface area contributed by atoms with Gasteiger partial charge in [-0.3, -0.25) is 0 Å². The van der Waals surface area contributed by atoms with Crippen molar-refractivity contribution >= 4 is 47.0 Å². The Hall–Kier alpha value is -3.71. The fourth-order valence-electron chi connectivity index (χ4n) is 2.36. The summed E-state index contributed by atoms with van der Waals surface area (Å²) in [5, 5.41) is 7.24. The first-order valence-electron chi connectivity index (χ1n) is 9.70. The van der Waals surface area contributed by atoms with Gasteiger partial charge in [-0.2, -0.15) is 42.0 Å². The molecular weight excluding hydrogens is 534 g/mol. The molecule has 0 fully saturated rings. The number of nitrogens with zero attached hydrogens (tertiary/aromatic N) is 4. The Labute approximate surface area is 210 Å². The van der Waals surface area contributed by atoms with Crippen LogP contribution in [0.3, 0.4) is 0 Å². The summed E-state index contributed by atoms with van der Waals surface area (Å²) in [7, 11) is 0. The van der Waals surface area contributed by atoms with Crippen molar-refractivity contribution < 1.29 is 31.4 Å². The molecule has 1 heterocycles. The van der Waals surface area contributed by atoms with Gasteiger partial charge in [0.2, 0.25) is 5.95 Å². The third-order valence-electron chi connectivity index (χ3n) is 3.90. The summed E-state index contributed by atoms with van der Waals surface area (Å²) < 4.78 is 73.3. The van der Waals surface area contributed by atoms with Gasteiger partial charge in [-0.05, 0) is 42.0 Å². The molecular formula is C21H15Cl2F5N6O2. The van der Waals surface area contributed by atoms with Crippen LogP contribution in [0.25, 0.3) is 0 Å². The summed E-state index contributed by atoms with van der Waals surface area (Å²) in [5.74, 6) is -0.639. The topological polar surface area (TPSA) is 93.6 Å². The minimum atomic E-state index is -4.64. The summed E-state index contributed by atoms with van der Waals surface area (Å²) in [6, 6.07) is 9.21. The predicted octanol–water partition coefficient (Wildman–Crippen LogP) is 6.47. The number of halogens is 7. The van der Waals surface area contributed by atoms with Gasteiger partial charge in [-0.25, -0.2) is 5.43 Å². The second-order valence-electron chi connectivity index (χ2n) is 6.73. The van der Waals surface area contributed by atoms with Crippen LogP contribution in [0.5, 0.6) is 11.8 Å². The van der Waals surface area contributed by atoms with E-state index in [0.717, 1.165) is 0 Å². The lowest BCUT2D eigenvalue weighted by Crippen LogP contribution is -2.21. The molecule has 15 heteroatoms. The molecule has 1 aromatic heterocycles. The second kappa shape index (κ2) is 11.4. The van der Waals surface area contributed by atoms with Gasteiger partial charge in [-0.1, -0.05) is 35.8 Å². The number of anilines is 3. The lowest BCUT2D eigenvalue weighted by atomic mass is 10.2. The zero-order valence-corrected chi connectivity index (χ0v) is 19.4. The number of aromatic nitrogens is 3. The van der Waals surface area contributed by atoms with Crippen molar-refractivity contribution in [2.24, 2.45) is 5.10 Å². The van der Waals surface area contributed by atoms with Crippen molar-refractivity contribution in [1.29, 1.82) is 0 Å². The molecule has 0 atom stereocenters. The van der Waals surface area contributed by atoms with Crippen molar-refractivity contribution in [3.05, 3.63) is 70.7 Å². The number of ether oxygens (including phenoxy) is 2. The normalized spacial score (nSPS) is 11.9. The standard InChI is InChI=1S/C21H15Cl2F5N6O2/c1-2-21(27,28)36-14-6-4-13(5-7-14)30-17-31-18(33-19(32-17)35-11-20(24,25)26)34-29-10-12-3-8-15(22)16(23)9-12/h2-10H,1,11H2,(H2,30,31,32,33,34)/b29-10+.